The topological polar surface area (TPSA) is 139 Å². The Morgan fingerprint density at radius 3 is 2.66 bits per heavy atom. The van der Waals surface area contributed by atoms with Crippen LogP contribution < -0.4 is 10.9 Å². The summed E-state index contributed by atoms with van der Waals surface area (Å²) in [5, 5.41) is 24.1. The summed E-state index contributed by atoms with van der Waals surface area (Å²) in [6, 6.07) is 16.3. The van der Waals surface area contributed by atoms with Crippen LogP contribution in [0.25, 0.3) is 33.1 Å². The molecule has 3 heterocycles. The number of benzene rings is 2. The number of hydrogen-bond acceptors (Lipinski definition) is 5. The van der Waals surface area contributed by atoms with Gasteiger partial charge < -0.3 is 30.4 Å². The van der Waals surface area contributed by atoms with Crippen LogP contribution in [-0.2, 0) is 4.79 Å². The summed E-state index contributed by atoms with van der Waals surface area (Å²) in [6.07, 6.45) is -1.12. The lowest BCUT2D eigenvalue weighted by molar-refractivity contribution is -0.132. The van der Waals surface area contributed by atoms with Crippen molar-refractivity contribution in [2.45, 2.75) is 25.0 Å². The Balaban J connectivity index is 1.27. The lowest BCUT2D eigenvalue weighted by Crippen LogP contribution is -2.37. The van der Waals surface area contributed by atoms with Crippen molar-refractivity contribution in [3.05, 3.63) is 70.5 Å². The normalized spacial score (nSPS) is 16.6. The molecule has 1 aliphatic heterocycles. The minimum atomic E-state index is -1.02. The van der Waals surface area contributed by atoms with Gasteiger partial charge in [-0.3, -0.25) is 14.4 Å². The molecule has 9 nitrogen and oxygen atoms in total. The summed E-state index contributed by atoms with van der Waals surface area (Å²) >= 11 is 0. The number of nitrogens with zero attached hydrogens (tertiary/aromatic N) is 1. The third kappa shape index (κ3) is 4.82. The second-order valence-electron chi connectivity index (χ2n) is 8.93. The number of fused-ring (bicyclic) bond motifs is 2. The largest absolute Gasteiger partial charge is 0.391 e. The molecule has 0 radical (unpaired) electrons. The van der Waals surface area contributed by atoms with E-state index in [-0.39, 0.29) is 36.9 Å². The van der Waals surface area contributed by atoms with Crippen molar-refractivity contribution < 1.29 is 19.8 Å². The number of β-amino-alcohol motifs (C(OH)–C–C–N with tert-alkyl or cyclic N) is 1. The first-order valence-electron chi connectivity index (χ1n) is 11.5. The van der Waals surface area contributed by atoms with Crippen LogP contribution in [0.3, 0.4) is 0 Å². The van der Waals surface area contributed by atoms with Crippen LogP contribution in [0, 0.1) is 0 Å². The highest BCUT2D eigenvalue weighted by Crippen LogP contribution is 2.25. The van der Waals surface area contributed by atoms with Crippen molar-refractivity contribution in [3.63, 3.8) is 0 Å². The van der Waals surface area contributed by atoms with Crippen LogP contribution in [-0.4, -0.2) is 68.7 Å². The quantitative estimate of drug-likeness (QED) is 0.290. The van der Waals surface area contributed by atoms with Crippen molar-refractivity contribution in [3.8, 4) is 11.3 Å². The molecule has 180 valence electrons. The lowest BCUT2D eigenvalue weighted by Gasteiger charge is -2.18. The van der Waals surface area contributed by atoms with Crippen molar-refractivity contribution in [1.29, 1.82) is 0 Å². The molecular weight excluding hydrogens is 448 g/mol. The second kappa shape index (κ2) is 9.36. The molecule has 4 aromatic rings. The molecule has 9 heteroatoms. The number of para-hydroxylation sites is 1. The van der Waals surface area contributed by atoms with E-state index in [1.807, 2.05) is 36.4 Å². The van der Waals surface area contributed by atoms with Crippen LogP contribution in [0.15, 0.2) is 59.4 Å². The SMILES string of the molecule is O=C(NCC(O)CC(=O)N1CCC(O)C1)c1ccc2[nH]c(-c3cc4ccccc4[nH]c3=O)cc2c1. The number of likely N-dealkylation sites (tertiary alicyclic amines) is 1. The number of amides is 2. The molecule has 2 aromatic heterocycles. The van der Waals surface area contributed by atoms with Gasteiger partial charge in [-0.05, 0) is 48.2 Å². The van der Waals surface area contributed by atoms with E-state index >= 15 is 0 Å². The van der Waals surface area contributed by atoms with Gasteiger partial charge in [0.1, 0.15) is 0 Å². The van der Waals surface area contributed by atoms with Crippen molar-refractivity contribution in [2.24, 2.45) is 0 Å². The standard InChI is InChI=1S/C26H26N4O5/c31-18-7-8-30(14-18)24(33)12-19(32)13-27-25(34)16-5-6-22-17(9-16)11-23(28-22)20-10-15-3-1-2-4-21(15)29-26(20)35/h1-6,9-11,18-19,28,31-32H,7-8,12-14H2,(H,27,34)(H,29,35). The van der Waals surface area contributed by atoms with Gasteiger partial charge >= 0.3 is 0 Å². The molecule has 0 saturated carbocycles. The van der Waals surface area contributed by atoms with Crippen LogP contribution >= 0.6 is 0 Å². The monoisotopic (exact) mass is 474 g/mol. The third-order valence-corrected chi connectivity index (χ3v) is 6.35. The molecule has 5 N–H and O–H groups in total. The average molecular weight is 475 g/mol. The number of pyridine rings is 1. The summed E-state index contributed by atoms with van der Waals surface area (Å²) in [4.78, 5) is 45.1. The highest BCUT2D eigenvalue weighted by molar-refractivity contribution is 5.99. The first-order valence-corrected chi connectivity index (χ1v) is 11.5. The van der Waals surface area contributed by atoms with Gasteiger partial charge in [-0.25, -0.2) is 0 Å². The number of aliphatic hydroxyl groups is 2. The number of H-pyrrole nitrogens is 2. The van der Waals surface area contributed by atoms with Gasteiger partial charge in [0, 0.05) is 41.6 Å². The van der Waals surface area contributed by atoms with Crippen molar-refractivity contribution in [2.75, 3.05) is 19.6 Å². The molecular formula is C26H26N4O5. The summed E-state index contributed by atoms with van der Waals surface area (Å²) in [7, 11) is 0. The Morgan fingerprint density at radius 1 is 1.06 bits per heavy atom. The molecule has 2 amide bonds. The van der Waals surface area contributed by atoms with E-state index < -0.39 is 12.2 Å². The molecule has 0 aliphatic carbocycles. The van der Waals surface area contributed by atoms with Gasteiger partial charge in [0.25, 0.3) is 11.5 Å². The third-order valence-electron chi connectivity index (χ3n) is 6.35. The lowest BCUT2D eigenvalue weighted by atomic mass is 10.1. The van der Waals surface area contributed by atoms with E-state index in [4.69, 9.17) is 0 Å². The molecule has 2 atom stereocenters. The van der Waals surface area contributed by atoms with E-state index in [0.717, 1.165) is 21.8 Å². The zero-order valence-electron chi connectivity index (χ0n) is 19.0. The van der Waals surface area contributed by atoms with Gasteiger partial charge in [0.15, 0.2) is 0 Å². The molecule has 2 unspecified atom stereocenters. The van der Waals surface area contributed by atoms with Crippen LogP contribution in [0.4, 0.5) is 0 Å². The fourth-order valence-corrected chi connectivity index (χ4v) is 4.45. The first kappa shape index (κ1) is 22.8. The number of nitrogens with one attached hydrogen (secondary N) is 3. The zero-order chi connectivity index (χ0) is 24.5. The van der Waals surface area contributed by atoms with Gasteiger partial charge in [-0.2, -0.15) is 0 Å². The minimum absolute atomic E-state index is 0.0656. The van der Waals surface area contributed by atoms with Crippen LogP contribution in [0.5, 0.6) is 0 Å². The van der Waals surface area contributed by atoms with E-state index in [9.17, 15) is 24.6 Å². The minimum Gasteiger partial charge on any atom is -0.391 e. The molecule has 1 saturated heterocycles. The fraction of sp³-hybridized carbons (Fsp3) is 0.269. The molecule has 35 heavy (non-hydrogen) atoms. The van der Waals surface area contributed by atoms with Crippen LogP contribution in [0.1, 0.15) is 23.2 Å². The van der Waals surface area contributed by atoms with E-state index in [1.165, 1.54) is 4.90 Å². The molecule has 2 aromatic carbocycles. The summed E-state index contributed by atoms with van der Waals surface area (Å²) < 4.78 is 0. The highest BCUT2D eigenvalue weighted by Gasteiger charge is 2.26. The Labute approximate surface area is 200 Å². The molecule has 1 aliphatic rings. The van der Waals surface area contributed by atoms with E-state index in [2.05, 4.69) is 15.3 Å². The molecule has 5 rings (SSSR count). The number of hydrogen-bond donors (Lipinski definition) is 5. The number of rotatable bonds is 6. The summed E-state index contributed by atoms with van der Waals surface area (Å²) in [6.45, 7) is 0.689. The Hall–Kier alpha value is -3.95. The molecule has 0 spiro atoms. The van der Waals surface area contributed by atoms with Gasteiger partial charge in [0.2, 0.25) is 5.91 Å². The van der Waals surface area contributed by atoms with Gasteiger partial charge in [-0.15, -0.1) is 0 Å². The smallest absolute Gasteiger partial charge is 0.257 e. The number of carbonyl (C=O) groups is 2. The molecule has 0 bridgehead atoms. The number of aromatic amines is 2. The predicted molar refractivity (Wildman–Crippen MR) is 132 cm³/mol. The summed E-state index contributed by atoms with van der Waals surface area (Å²) in [5.41, 5.74) is 2.88. The highest BCUT2D eigenvalue weighted by atomic mass is 16.3. The zero-order valence-corrected chi connectivity index (χ0v) is 19.0. The Bertz CT molecular complexity index is 1470. The number of aromatic nitrogens is 2. The Kier molecular flexibility index (Phi) is 6.10. The fourth-order valence-electron chi connectivity index (χ4n) is 4.45. The number of carbonyl (C=O) groups excluding carboxylic acids is 2. The van der Waals surface area contributed by atoms with E-state index in [1.54, 1.807) is 18.2 Å². The average Bonchev–Trinajstić information content (AvgIpc) is 3.47. The number of aliphatic hydroxyl groups excluding tert-OH is 2. The van der Waals surface area contributed by atoms with E-state index in [0.29, 0.717) is 29.8 Å². The van der Waals surface area contributed by atoms with Gasteiger partial charge in [-0.1, -0.05) is 18.2 Å². The van der Waals surface area contributed by atoms with Crippen molar-refractivity contribution in [1.82, 2.24) is 20.2 Å². The van der Waals surface area contributed by atoms with Crippen LogP contribution in [0.2, 0.25) is 0 Å². The predicted octanol–water partition coefficient (Wildman–Crippen LogP) is 1.75. The molecule has 1 fully saturated rings. The van der Waals surface area contributed by atoms with Gasteiger partial charge in [0.05, 0.1) is 29.9 Å². The maximum Gasteiger partial charge on any atom is 0.257 e. The first-order chi connectivity index (χ1) is 16.9. The maximum absolute atomic E-state index is 12.6. The summed E-state index contributed by atoms with van der Waals surface area (Å²) in [5.74, 6) is -0.616. The maximum atomic E-state index is 12.6. The van der Waals surface area contributed by atoms with Crippen molar-refractivity contribution >= 4 is 33.6 Å². The second-order valence-corrected chi connectivity index (χ2v) is 8.93. The Morgan fingerprint density at radius 2 is 1.86 bits per heavy atom.